The third-order valence-electron chi connectivity index (χ3n) is 7.67. The molecule has 2 heterocycles. The molecule has 1 saturated carbocycles. The van der Waals surface area contributed by atoms with Crippen molar-refractivity contribution in [2.45, 2.75) is 64.7 Å². The van der Waals surface area contributed by atoms with Gasteiger partial charge in [-0.2, -0.15) is 0 Å². The summed E-state index contributed by atoms with van der Waals surface area (Å²) >= 11 is 0. The van der Waals surface area contributed by atoms with Gasteiger partial charge < -0.3 is 14.8 Å². The Morgan fingerprint density at radius 1 is 1.10 bits per heavy atom. The van der Waals surface area contributed by atoms with Crippen LogP contribution >= 0.6 is 0 Å². The highest BCUT2D eigenvalue weighted by atomic mass is 16.1. The van der Waals surface area contributed by atoms with E-state index in [-0.39, 0.29) is 5.56 Å². The number of aromatic nitrogens is 1. The Morgan fingerprint density at radius 3 is 2.59 bits per heavy atom. The second-order valence-electron chi connectivity index (χ2n) is 9.57. The summed E-state index contributed by atoms with van der Waals surface area (Å²) in [4.78, 5) is 20.5. The number of likely N-dealkylation sites (N-methyl/N-ethyl adjacent to an activating group) is 1. The molecule has 160 valence electrons. The molecule has 1 atom stereocenters. The van der Waals surface area contributed by atoms with E-state index in [0.29, 0.717) is 0 Å². The molecule has 1 aromatic rings. The molecule has 0 bridgehead atoms. The number of allylic oxidation sites excluding steroid dienone is 1. The average Bonchev–Trinajstić information content (AvgIpc) is 2.75. The van der Waals surface area contributed by atoms with Crippen LogP contribution in [-0.2, 0) is 12.8 Å². The second-order valence-corrected chi connectivity index (χ2v) is 9.57. The summed E-state index contributed by atoms with van der Waals surface area (Å²) in [7, 11) is 2.24. The Kier molecular flexibility index (Phi) is 6.92. The molecule has 1 aromatic heterocycles. The molecule has 2 aliphatic carbocycles. The number of hydrogen-bond donors (Lipinski definition) is 1. The summed E-state index contributed by atoms with van der Waals surface area (Å²) in [6.45, 7) is 8.17. The van der Waals surface area contributed by atoms with E-state index < -0.39 is 0 Å². The third-order valence-corrected chi connectivity index (χ3v) is 7.67. The molecule has 0 radical (unpaired) electrons. The summed E-state index contributed by atoms with van der Waals surface area (Å²) in [5, 5.41) is 0. The van der Waals surface area contributed by atoms with Crippen LogP contribution in [0.25, 0.3) is 6.08 Å². The van der Waals surface area contributed by atoms with Crippen LogP contribution in [0.15, 0.2) is 16.4 Å². The van der Waals surface area contributed by atoms with E-state index in [4.69, 9.17) is 0 Å². The Labute approximate surface area is 176 Å². The van der Waals surface area contributed by atoms with Crippen molar-refractivity contribution in [2.24, 2.45) is 11.8 Å². The van der Waals surface area contributed by atoms with Gasteiger partial charge in [-0.25, -0.2) is 0 Å². The van der Waals surface area contributed by atoms with Gasteiger partial charge in [-0.3, -0.25) is 4.79 Å². The number of nitrogens with zero attached hydrogens (tertiary/aromatic N) is 2. The number of pyridine rings is 1. The highest BCUT2D eigenvalue weighted by Crippen LogP contribution is 2.40. The molecule has 4 rings (SSSR count). The van der Waals surface area contributed by atoms with Crippen LogP contribution in [0.3, 0.4) is 0 Å². The normalized spacial score (nSPS) is 22.9. The van der Waals surface area contributed by atoms with E-state index in [1.807, 2.05) is 0 Å². The fourth-order valence-corrected chi connectivity index (χ4v) is 5.72. The summed E-state index contributed by atoms with van der Waals surface area (Å²) in [6, 6.07) is 2.16. The quantitative estimate of drug-likeness (QED) is 0.785. The molecule has 0 aromatic carbocycles. The van der Waals surface area contributed by atoms with Gasteiger partial charge in [0.25, 0.3) is 5.56 Å². The predicted octanol–water partition coefficient (Wildman–Crippen LogP) is 4.10. The number of nitrogens with one attached hydrogen (secondary N) is 1. The Balaban J connectivity index is 1.53. The minimum Gasteiger partial charge on any atom is -0.325 e. The van der Waals surface area contributed by atoms with E-state index in [9.17, 15) is 4.79 Å². The first kappa shape index (κ1) is 20.9. The minimum absolute atomic E-state index is 0.113. The van der Waals surface area contributed by atoms with Crippen molar-refractivity contribution in [1.82, 2.24) is 14.8 Å². The summed E-state index contributed by atoms with van der Waals surface area (Å²) in [6.07, 6.45) is 13.7. The number of aryl methyl sites for hydroxylation is 2. The molecule has 1 unspecified atom stereocenters. The van der Waals surface area contributed by atoms with Gasteiger partial charge in [0.1, 0.15) is 0 Å². The van der Waals surface area contributed by atoms with Crippen LogP contribution in [0, 0.1) is 11.8 Å². The first-order chi connectivity index (χ1) is 14.1. The standard InChI is InChI=1S/C25H39N3O/c1-3-19-17-22-18-21(9-10-24(22)26-25(19)29)23(20-7-5-4-6-8-20)11-12-28-15-13-27(2)14-16-28/h17-18,20,23H,3-16H2,1-2H3,(H,26,29). The molecule has 1 aliphatic heterocycles. The molecule has 1 saturated heterocycles. The van der Waals surface area contributed by atoms with Crippen LogP contribution in [0.5, 0.6) is 0 Å². The van der Waals surface area contributed by atoms with Crippen molar-refractivity contribution in [3.8, 4) is 0 Å². The van der Waals surface area contributed by atoms with E-state index >= 15 is 0 Å². The lowest BCUT2D eigenvalue weighted by Gasteiger charge is -2.37. The monoisotopic (exact) mass is 397 g/mol. The highest BCUT2D eigenvalue weighted by molar-refractivity contribution is 5.59. The average molecular weight is 398 g/mol. The SMILES string of the molecule is CCc1cc2c([nH]c1=O)CCC(C(CCN1CCN(C)CC1)C1CCCCC1)=C2. The fraction of sp³-hybridized carbons (Fsp3) is 0.720. The van der Waals surface area contributed by atoms with Gasteiger partial charge in [-0.1, -0.05) is 37.8 Å². The van der Waals surface area contributed by atoms with Crippen molar-refractivity contribution < 1.29 is 0 Å². The van der Waals surface area contributed by atoms with Gasteiger partial charge >= 0.3 is 0 Å². The number of fused-ring (bicyclic) bond motifs is 1. The lowest BCUT2D eigenvalue weighted by Crippen LogP contribution is -2.45. The number of piperazine rings is 1. The molecule has 0 spiro atoms. The zero-order chi connectivity index (χ0) is 20.2. The first-order valence-corrected chi connectivity index (χ1v) is 12.0. The zero-order valence-corrected chi connectivity index (χ0v) is 18.5. The number of aromatic amines is 1. The smallest absolute Gasteiger partial charge is 0.251 e. The molecule has 4 nitrogen and oxygen atoms in total. The summed E-state index contributed by atoms with van der Waals surface area (Å²) < 4.78 is 0. The topological polar surface area (TPSA) is 39.3 Å². The number of rotatable bonds is 6. The molecule has 1 N–H and O–H groups in total. The summed E-state index contributed by atoms with van der Waals surface area (Å²) in [5.74, 6) is 1.58. The molecular formula is C25H39N3O. The van der Waals surface area contributed by atoms with Crippen molar-refractivity contribution >= 4 is 6.08 Å². The third kappa shape index (κ3) is 5.03. The van der Waals surface area contributed by atoms with Crippen molar-refractivity contribution in [1.29, 1.82) is 0 Å². The van der Waals surface area contributed by atoms with E-state index in [1.165, 1.54) is 76.8 Å². The number of H-pyrrole nitrogens is 1. The van der Waals surface area contributed by atoms with Crippen molar-refractivity contribution in [2.75, 3.05) is 39.8 Å². The van der Waals surface area contributed by atoms with Crippen LogP contribution in [0.4, 0.5) is 0 Å². The molecular weight excluding hydrogens is 358 g/mol. The van der Waals surface area contributed by atoms with Crippen LogP contribution in [-0.4, -0.2) is 54.6 Å². The maximum atomic E-state index is 12.2. The Hall–Kier alpha value is -1.39. The first-order valence-electron chi connectivity index (χ1n) is 12.0. The van der Waals surface area contributed by atoms with Gasteiger partial charge in [0, 0.05) is 37.4 Å². The molecule has 2 fully saturated rings. The van der Waals surface area contributed by atoms with Crippen LogP contribution in [0.2, 0.25) is 0 Å². The van der Waals surface area contributed by atoms with Gasteiger partial charge in [0.2, 0.25) is 0 Å². The molecule has 4 heteroatoms. The van der Waals surface area contributed by atoms with Gasteiger partial charge in [0.15, 0.2) is 0 Å². The van der Waals surface area contributed by atoms with E-state index in [1.54, 1.807) is 5.57 Å². The van der Waals surface area contributed by atoms with Crippen molar-refractivity contribution in [3.05, 3.63) is 38.8 Å². The van der Waals surface area contributed by atoms with E-state index in [0.717, 1.165) is 42.4 Å². The largest absolute Gasteiger partial charge is 0.325 e. The Morgan fingerprint density at radius 2 is 1.86 bits per heavy atom. The zero-order valence-electron chi connectivity index (χ0n) is 18.5. The molecule has 0 amide bonds. The lowest BCUT2D eigenvalue weighted by atomic mass is 9.72. The van der Waals surface area contributed by atoms with Crippen molar-refractivity contribution in [3.63, 3.8) is 0 Å². The summed E-state index contributed by atoms with van der Waals surface area (Å²) in [5.41, 5.74) is 5.13. The van der Waals surface area contributed by atoms with Gasteiger partial charge in [0.05, 0.1) is 0 Å². The second kappa shape index (κ2) is 9.61. The van der Waals surface area contributed by atoms with Gasteiger partial charge in [-0.05, 0) is 75.6 Å². The van der Waals surface area contributed by atoms with E-state index in [2.05, 4.69) is 40.9 Å². The predicted molar refractivity (Wildman–Crippen MR) is 121 cm³/mol. The Bertz CT molecular complexity index is 767. The van der Waals surface area contributed by atoms with Crippen LogP contribution < -0.4 is 5.56 Å². The maximum Gasteiger partial charge on any atom is 0.251 e. The molecule has 3 aliphatic rings. The van der Waals surface area contributed by atoms with Crippen LogP contribution in [0.1, 0.15) is 68.7 Å². The number of hydrogen-bond acceptors (Lipinski definition) is 3. The minimum atomic E-state index is 0.113. The molecule has 29 heavy (non-hydrogen) atoms. The highest BCUT2D eigenvalue weighted by Gasteiger charge is 2.29. The van der Waals surface area contributed by atoms with Gasteiger partial charge in [-0.15, -0.1) is 0 Å². The lowest BCUT2D eigenvalue weighted by molar-refractivity contribution is 0.139. The maximum absolute atomic E-state index is 12.2. The fourth-order valence-electron chi connectivity index (χ4n) is 5.72.